The quantitative estimate of drug-likeness (QED) is 0.565. The highest BCUT2D eigenvalue weighted by Gasteiger charge is 2.30. The standard InChI is InChI=1S/C25H30N6O3S/c32-20(26-15-18-7-3-1-4-8-18)16-31-17-27-22-21(24(31)34)35-25(28-22)30-13-9-19(10-14-30)23(33)29-11-5-2-6-12-29/h1,3-4,7-8,17,19H,2,5-6,9-16H2,(H,26,32). The number of carbonyl (C=O) groups is 2. The van der Waals surface area contributed by atoms with Crippen molar-refractivity contribution in [2.75, 3.05) is 31.1 Å². The number of hydrogen-bond acceptors (Lipinski definition) is 7. The number of anilines is 1. The van der Waals surface area contributed by atoms with E-state index in [9.17, 15) is 14.4 Å². The third-order valence-corrected chi connectivity index (χ3v) is 7.89. The van der Waals surface area contributed by atoms with Crippen molar-refractivity contribution >= 4 is 38.6 Å². The van der Waals surface area contributed by atoms with Crippen molar-refractivity contribution in [3.63, 3.8) is 0 Å². The molecule has 3 aromatic rings. The molecule has 2 saturated heterocycles. The van der Waals surface area contributed by atoms with E-state index in [0.717, 1.165) is 62.6 Å². The van der Waals surface area contributed by atoms with Gasteiger partial charge >= 0.3 is 0 Å². The minimum atomic E-state index is -0.260. The maximum absolute atomic E-state index is 13.0. The molecule has 0 bridgehead atoms. The summed E-state index contributed by atoms with van der Waals surface area (Å²) in [6.07, 6.45) is 6.41. The summed E-state index contributed by atoms with van der Waals surface area (Å²) in [5.41, 5.74) is 1.14. The molecule has 0 saturated carbocycles. The maximum Gasteiger partial charge on any atom is 0.273 e. The number of nitrogens with one attached hydrogen (secondary N) is 1. The van der Waals surface area contributed by atoms with Crippen LogP contribution in [0, 0.1) is 5.92 Å². The van der Waals surface area contributed by atoms with Crippen molar-refractivity contribution in [2.45, 2.75) is 45.2 Å². The predicted octanol–water partition coefficient (Wildman–Crippen LogP) is 2.40. The highest BCUT2D eigenvalue weighted by Crippen LogP contribution is 2.30. The molecule has 2 aliphatic heterocycles. The van der Waals surface area contributed by atoms with Gasteiger partial charge in [-0.05, 0) is 37.7 Å². The minimum Gasteiger partial charge on any atom is -0.350 e. The van der Waals surface area contributed by atoms with Gasteiger partial charge in [0.15, 0.2) is 10.8 Å². The summed E-state index contributed by atoms with van der Waals surface area (Å²) < 4.78 is 1.78. The van der Waals surface area contributed by atoms with Gasteiger partial charge in [0.25, 0.3) is 5.56 Å². The van der Waals surface area contributed by atoms with Gasteiger partial charge in [-0.25, -0.2) is 4.98 Å². The van der Waals surface area contributed by atoms with Crippen molar-refractivity contribution in [1.29, 1.82) is 0 Å². The maximum atomic E-state index is 13.0. The molecule has 5 rings (SSSR count). The van der Waals surface area contributed by atoms with E-state index in [4.69, 9.17) is 0 Å². The van der Waals surface area contributed by atoms with E-state index in [1.807, 2.05) is 35.2 Å². The Morgan fingerprint density at radius 1 is 1.03 bits per heavy atom. The van der Waals surface area contributed by atoms with Crippen LogP contribution in [0.3, 0.4) is 0 Å². The Balaban J connectivity index is 1.21. The molecular weight excluding hydrogens is 464 g/mol. The lowest BCUT2D eigenvalue weighted by Gasteiger charge is -2.35. The van der Waals surface area contributed by atoms with Gasteiger partial charge in [0, 0.05) is 38.6 Å². The van der Waals surface area contributed by atoms with E-state index in [2.05, 4.69) is 20.2 Å². The average molecular weight is 495 g/mol. The molecule has 0 unspecified atom stereocenters. The van der Waals surface area contributed by atoms with Crippen LogP contribution in [0.2, 0.25) is 0 Å². The van der Waals surface area contributed by atoms with Gasteiger partial charge in [0.05, 0.1) is 0 Å². The average Bonchev–Trinajstić information content (AvgIpc) is 3.35. The molecular formula is C25H30N6O3S. The number of benzene rings is 1. The fraction of sp³-hybridized carbons (Fsp3) is 0.480. The van der Waals surface area contributed by atoms with Gasteiger partial charge in [-0.2, -0.15) is 4.98 Å². The van der Waals surface area contributed by atoms with Crippen molar-refractivity contribution < 1.29 is 9.59 Å². The Hall–Kier alpha value is -3.27. The number of aromatic nitrogens is 3. The van der Waals surface area contributed by atoms with Crippen molar-refractivity contribution in [3.8, 4) is 0 Å². The van der Waals surface area contributed by atoms with Gasteiger partial charge in [-0.3, -0.25) is 19.0 Å². The largest absolute Gasteiger partial charge is 0.350 e. The number of hydrogen-bond donors (Lipinski definition) is 1. The van der Waals surface area contributed by atoms with Crippen LogP contribution in [0.1, 0.15) is 37.7 Å². The van der Waals surface area contributed by atoms with E-state index in [1.165, 1.54) is 28.7 Å². The summed E-state index contributed by atoms with van der Waals surface area (Å²) in [4.78, 5) is 51.3. The summed E-state index contributed by atoms with van der Waals surface area (Å²) in [5, 5.41) is 3.59. The van der Waals surface area contributed by atoms with Crippen molar-refractivity contribution in [1.82, 2.24) is 24.8 Å². The zero-order valence-electron chi connectivity index (χ0n) is 19.7. The first kappa shape index (κ1) is 23.5. The lowest BCUT2D eigenvalue weighted by atomic mass is 9.94. The Labute approximate surface area is 207 Å². The monoisotopic (exact) mass is 494 g/mol. The number of likely N-dealkylation sites (tertiary alicyclic amines) is 1. The molecule has 2 amide bonds. The normalized spacial score (nSPS) is 17.0. The first-order valence-electron chi connectivity index (χ1n) is 12.3. The molecule has 0 spiro atoms. The number of rotatable bonds is 6. The molecule has 4 heterocycles. The summed E-state index contributed by atoms with van der Waals surface area (Å²) in [6.45, 7) is 3.56. The number of thiazole rings is 1. The van der Waals surface area contributed by atoms with E-state index in [1.54, 1.807) is 0 Å². The fourth-order valence-electron chi connectivity index (χ4n) is 4.78. The second-order valence-electron chi connectivity index (χ2n) is 9.24. The van der Waals surface area contributed by atoms with E-state index < -0.39 is 0 Å². The lowest BCUT2D eigenvalue weighted by Crippen LogP contribution is -2.44. The van der Waals surface area contributed by atoms with Crippen LogP contribution in [0.4, 0.5) is 5.13 Å². The number of piperidine rings is 2. The summed E-state index contributed by atoms with van der Waals surface area (Å²) in [6, 6.07) is 9.63. The van der Waals surface area contributed by atoms with Crippen LogP contribution in [0.25, 0.3) is 10.3 Å². The first-order chi connectivity index (χ1) is 17.1. The van der Waals surface area contributed by atoms with Gasteiger partial charge in [0.1, 0.15) is 17.6 Å². The molecule has 2 aliphatic rings. The summed E-state index contributed by atoms with van der Waals surface area (Å²) >= 11 is 1.31. The molecule has 184 valence electrons. The molecule has 9 nitrogen and oxygen atoms in total. The van der Waals surface area contributed by atoms with Crippen LogP contribution in [-0.2, 0) is 22.7 Å². The van der Waals surface area contributed by atoms with Crippen LogP contribution in [-0.4, -0.2) is 57.4 Å². The Kier molecular flexibility index (Phi) is 7.08. The van der Waals surface area contributed by atoms with E-state index >= 15 is 0 Å². The van der Waals surface area contributed by atoms with Crippen LogP contribution in [0.5, 0.6) is 0 Å². The van der Waals surface area contributed by atoms with Gasteiger partial charge in [0.2, 0.25) is 11.8 Å². The molecule has 1 N–H and O–H groups in total. The third kappa shape index (κ3) is 5.37. The summed E-state index contributed by atoms with van der Waals surface area (Å²) in [7, 11) is 0. The summed E-state index contributed by atoms with van der Waals surface area (Å²) in [5.74, 6) is 0.120. The number of amides is 2. The van der Waals surface area contributed by atoms with Gasteiger partial charge in [-0.15, -0.1) is 0 Å². The molecule has 10 heteroatoms. The molecule has 0 radical (unpaired) electrons. The molecule has 1 aromatic carbocycles. The predicted molar refractivity (Wildman–Crippen MR) is 135 cm³/mol. The number of carbonyl (C=O) groups excluding carboxylic acids is 2. The van der Waals surface area contributed by atoms with Crippen LogP contribution >= 0.6 is 11.3 Å². The Morgan fingerprint density at radius 2 is 1.77 bits per heavy atom. The second kappa shape index (κ2) is 10.6. The molecule has 0 atom stereocenters. The van der Waals surface area contributed by atoms with E-state index in [-0.39, 0.29) is 23.9 Å². The lowest BCUT2D eigenvalue weighted by molar-refractivity contribution is -0.137. The molecule has 35 heavy (non-hydrogen) atoms. The minimum absolute atomic E-state index is 0.0727. The van der Waals surface area contributed by atoms with Gasteiger partial charge in [-0.1, -0.05) is 41.7 Å². The number of fused-ring (bicyclic) bond motifs is 1. The highest BCUT2D eigenvalue weighted by molar-refractivity contribution is 7.22. The molecule has 2 aromatic heterocycles. The zero-order chi connectivity index (χ0) is 24.2. The Bertz CT molecular complexity index is 1240. The number of nitrogens with zero attached hydrogens (tertiary/aromatic N) is 5. The van der Waals surface area contributed by atoms with Crippen LogP contribution < -0.4 is 15.8 Å². The first-order valence-corrected chi connectivity index (χ1v) is 13.1. The highest BCUT2D eigenvalue weighted by atomic mass is 32.1. The molecule has 0 aliphatic carbocycles. The zero-order valence-corrected chi connectivity index (χ0v) is 20.5. The van der Waals surface area contributed by atoms with Crippen molar-refractivity contribution in [2.24, 2.45) is 5.92 Å². The van der Waals surface area contributed by atoms with Gasteiger partial charge < -0.3 is 15.1 Å². The smallest absolute Gasteiger partial charge is 0.273 e. The topological polar surface area (TPSA) is 100 Å². The van der Waals surface area contributed by atoms with E-state index in [0.29, 0.717) is 22.8 Å². The van der Waals surface area contributed by atoms with Crippen LogP contribution in [0.15, 0.2) is 41.5 Å². The second-order valence-corrected chi connectivity index (χ2v) is 10.2. The fourth-order valence-corrected chi connectivity index (χ4v) is 5.80. The van der Waals surface area contributed by atoms with Crippen molar-refractivity contribution in [3.05, 3.63) is 52.6 Å². The SMILES string of the molecule is O=C(Cn1cnc2nc(N3CCC(C(=O)N4CCCCC4)CC3)sc2c1=O)NCc1ccccc1. The molecule has 2 fully saturated rings. The third-order valence-electron chi connectivity index (χ3n) is 6.80. The Morgan fingerprint density at radius 3 is 2.51 bits per heavy atom.